The molecule has 2 heteroatoms. The van der Waals surface area contributed by atoms with E-state index in [1.54, 1.807) is 0 Å². The molecule has 1 aliphatic rings. The first-order valence-corrected chi connectivity index (χ1v) is 16.7. The molecule has 0 bridgehead atoms. The number of rotatable bonds is 7. The van der Waals surface area contributed by atoms with Crippen LogP contribution in [0.1, 0.15) is 43.2 Å². The Morgan fingerprint density at radius 2 is 1.23 bits per heavy atom. The molecule has 2 nitrogen and oxygen atoms in total. The zero-order chi connectivity index (χ0) is 32.8. The van der Waals surface area contributed by atoms with Crippen molar-refractivity contribution in [1.29, 1.82) is 0 Å². The fourth-order valence-electron chi connectivity index (χ4n) is 7.57. The summed E-state index contributed by atoms with van der Waals surface area (Å²) in [6.07, 6.45) is 6.26. The van der Waals surface area contributed by atoms with E-state index in [0.717, 1.165) is 39.5 Å². The maximum absolute atomic E-state index is 4.24. The molecule has 232 valence electrons. The van der Waals surface area contributed by atoms with E-state index in [4.69, 9.17) is 0 Å². The van der Waals surface area contributed by atoms with Gasteiger partial charge in [0.1, 0.15) is 0 Å². The van der Waals surface area contributed by atoms with Gasteiger partial charge in [-0.25, -0.2) is 0 Å². The van der Waals surface area contributed by atoms with Crippen LogP contribution in [0.2, 0.25) is 0 Å². The summed E-state index contributed by atoms with van der Waals surface area (Å²) < 4.78 is 2.33. The van der Waals surface area contributed by atoms with E-state index < -0.39 is 0 Å². The van der Waals surface area contributed by atoms with Crippen LogP contribution < -0.4 is 4.90 Å². The van der Waals surface area contributed by atoms with Gasteiger partial charge in [-0.2, -0.15) is 0 Å². The van der Waals surface area contributed by atoms with Crippen LogP contribution in [0, 0.1) is 0 Å². The first kappa shape index (κ1) is 29.5. The van der Waals surface area contributed by atoms with E-state index in [1.807, 2.05) is 6.08 Å². The van der Waals surface area contributed by atoms with E-state index in [2.05, 4.69) is 195 Å². The predicted molar refractivity (Wildman–Crippen MR) is 206 cm³/mol. The van der Waals surface area contributed by atoms with Crippen LogP contribution in [0.3, 0.4) is 0 Å². The van der Waals surface area contributed by atoms with Crippen molar-refractivity contribution in [2.75, 3.05) is 4.90 Å². The summed E-state index contributed by atoms with van der Waals surface area (Å²) in [5.41, 5.74) is 15.8. The second-order valence-corrected chi connectivity index (χ2v) is 13.0. The quantitative estimate of drug-likeness (QED) is 0.173. The fraction of sp³-hybridized carbons (Fsp3) is 0.0870. The molecule has 0 amide bonds. The highest BCUT2D eigenvalue weighted by Crippen LogP contribution is 2.49. The largest absolute Gasteiger partial charge is 0.310 e. The van der Waals surface area contributed by atoms with Crippen LogP contribution in [0.25, 0.3) is 51.0 Å². The molecular weight excluding hydrogens is 581 g/mol. The molecule has 7 aromatic rings. The number of hydrogen-bond acceptors (Lipinski definition) is 1. The number of allylic oxidation sites excluding steroid dienone is 1. The lowest BCUT2D eigenvalue weighted by molar-refractivity contribution is 0.660. The van der Waals surface area contributed by atoms with Crippen LogP contribution in [0.4, 0.5) is 17.1 Å². The third kappa shape index (κ3) is 4.72. The maximum Gasteiger partial charge on any atom is 0.0542 e. The van der Waals surface area contributed by atoms with Crippen molar-refractivity contribution in [3.63, 3.8) is 0 Å². The molecule has 0 N–H and O–H groups in total. The van der Waals surface area contributed by atoms with Crippen LogP contribution >= 0.6 is 0 Å². The summed E-state index contributed by atoms with van der Waals surface area (Å²) in [5, 5.41) is 1.17. The van der Waals surface area contributed by atoms with Gasteiger partial charge < -0.3 is 9.47 Å². The molecule has 0 unspecified atom stereocenters. The van der Waals surface area contributed by atoms with Gasteiger partial charge in [0, 0.05) is 39.1 Å². The van der Waals surface area contributed by atoms with E-state index in [9.17, 15) is 0 Å². The average molecular weight is 619 g/mol. The van der Waals surface area contributed by atoms with E-state index in [0.29, 0.717) is 0 Å². The summed E-state index contributed by atoms with van der Waals surface area (Å²) >= 11 is 0. The number of nitrogens with zero attached hydrogens (tertiary/aromatic N) is 2. The minimum absolute atomic E-state index is 0.0266. The van der Waals surface area contributed by atoms with Gasteiger partial charge in [0.25, 0.3) is 0 Å². The molecule has 0 fully saturated rings. The number of benzene rings is 6. The van der Waals surface area contributed by atoms with Crippen molar-refractivity contribution in [3.05, 3.63) is 181 Å². The van der Waals surface area contributed by atoms with Crippen molar-refractivity contribution < 1.29 is 0 Å². The van der Waals surface area contributed by atoms with Crippen molar-refractivity contribution in [1.82, 2.24) is 4.57 Å². The lowest BCUT2D eigenvalue weighted by atomic mass is 9.81. The molecule has 1 aliphatic carbocycles. The van der Waals surface area contributed by atoms with Gasteiger partial charge in [-0.1, -0.05) is 118 Å². The smallest absolute Gasteiger partial charge is 0.0542 e. The number of aromatic nitrogens is 1. The summed E-state index contributed by atoms with van der Waals surface area (Å²) in [4.78, 5) is 2.34. The van der Waals surface area contributed by atoms with Gasteiger partial charge in [-0.3, -0.25) is 0 Å². The van der Waals surface area contributed by atoms with Gasteiger partial charge >= 0.3 is 0 Å². The lowest BCUT2D eigenvalue weighted by Gasteiger charge is -2.26. The van der Waals surface area contributed by atoms with Gasteiger partial charge in [-0.05, 0) is 107 Å². The SMILES string of the molecule is C=Cc1c(/C=C\C)n(-c2ccccc2)c2ccc(N(c3ccccc3)c3ccc(-c4ccc5c(c4)C(C)(C)c4ccccc4-5)cc3)cc12. The summed E-state index contributed by atoms with van der Waals surface area (Å²) in [6, 6.07) is 52.7. The Morgan fingerprint density at radius 1 is 0.604 bits per heavy atom. The zero-order valence-electron chi connectivity index (χ0n) is 27.7. The maximum atomic E-state index is 4.24. The predicted octanol–water partition coefficient (Wildman–Crippen LogP) is 12.7. The third-order valence-corrected chi connectivity index (χ3v) is 9.89. The standard InChI is InChI=1S/C46H38N2/c1-5-15-44-38(6-2)41-31-37(27-29-45(41)48(44)35-18-11-8-12-19-35)47(34-16-9-7-10-17-34)36-25-22-32(23-26-36)33-24-28-40-39-20-13-14-21-42(39)46(3,4)43(40)30-33/h5-31H,2H2,1,3-4H3/b15-5-. The lowest BCUT2D eigenvalue weighted by Crippen LogP contribution is -2.14. The second kappa shape index (κ2) is 11.7. The molecule has 0 saturated heterocycles. The summed E-state index contributed by atoms with van der Waals surface area (Å²) in [6.45, 7) is 11.0. The van der Waals surface area contributed by atoms with Crippen LogP contribution in [-0.4, -0.2) is 4.57 Å². The summed E-state index contributed by atoms with van der Waals surface area (Å²) in [5.74, 6) is 0. The Bertz CT molecular complexity index is 2320. The molecule has 0 spiro atoms. The van der Waals surface area contributed by atoms with Crippen LogP contribution in [0.15, 0.2) is 158 Å². The van der Waals surface area contributed by atoms with Crippen LogP contribution in [-0.2, 0) is 5.41 Å². The average Bonchev–Trinajstić information content (AvgIpc) is 3.56. The topological polar surface area (TPSA) is 8.17 Å². The Balaban J connectivity index is 1.23. The molecule has 48 heavy (non-hydrogen) atoms. The van der Waals surface area contributed by atoms with Gasteiger partial charge in [0.05, 0.1) is 11.2 Å². The van der Waals surface area contributed by atoms with Crippen molar-refractivity contribution in [2.24, 2.45) is 0 Å². The third-order valence-electron chi connectivity index (χ3n) is 9.89. The Hall–Kier alpha value is -5.86. The normalized spacial score (nSPS) is 13.1. The Morgan fingerprint density at radius 3 is 1.96 bits per heavy atom. The van der Waals surface area contributed by atoms with E-state index in [-0.39, 0.29) is 5.41 Å². The highest BCUT2D eigenvalue weighted by molar-refractivity contribution is 5.98. The molecule has 6 aromatic carbocycles. The molecule has 0 aliphatic heterocycles. The molecule has 8 rings (SSSR count). The van der Waals surface area contributed by atoms with Gasteiger partial charge in [0.15, 0.2) is 0 Å². The van der Waals surface area contributed by atoms with Gasteiger partial charge in [0.2, 0.25) is 0 Å². The van der Waals surface area contributed by atoms with Crippen molar-refractivity contribution >= 4 is 40.1 Å². The van der Waals surface area contributed by atoms with E-state index >= 15 is 0 Å². The van der Waals surface area contributed by atoms with Gasteiger partial charge in [-0.15, -0.1) is 0 Å². The highest BCUT2D eigenvalue weighted by atomic mass is 15.1. The first-order chi connectivity index (χ1) is 23.5. The monoisotopic (exact) mass is 618 g/mol. The van der Waals surface area contributed by atoms with Crippen molar-refractivity contribution in [2.45, 2.75) is 26.2 Å². The number of fused-ring (bicyclic) bond motifs is 4. The molecule has 0 atom stereocenters. The fourth-order valence-corrected chi connectivity index (χ4v) is 7.57. The first-order valence-electron chi connectivity index (χ1n) is 16.7. The minimum atomic E-state index is -0.0266. The zero-order valence-corrected chi connectivity index (χ0v) is 27.7. The Labute approximate surface area is 283 Å². The second-order valence-electron chi connectivity index (χ2n) is 13.0. The van der Waals surface area contributed by atoms with Crippen LogP contribution in [0.5, 0.6) is 0 Å². The van der Waals surface area contributed by atoms with Crippen molar-refractivity contribution in [3.8, 4) is 27.9 Å². The highest BCUT2D eigenvalue weighted by Gasteiger charge is 2.35. The number of hydrogen-bond donors (Lipinski definition) is 0. The number of para-hydroxylation sites is 2. The number of anilines is 3. The molecule has 0 saturated carbocycles. The molecule has 1 heterocycles. The van der Waals surface area contributed by atoms with E-state index in [1.165, 1.54) is 38.8 Å². The summed E-state index contributed by atoms with van der Waals surface area (Å²) in [7, 11) is 0. The Kier molecular flexibility index (Phi) is 7.22. The molecule has 1 aromatic heterocycles. The minimum Gasteiger partial charge on any atom is -0.310 e. The molecule has 0 radical (unpaired) electrons. The molecular formula is C46H38N2.